The quantitative estimate of drug-likeness (QED) is 0.407. The number of aromatic nitrogens is 5. The number of benzene rings is 2. The van der Waals surface area contributed by atoms with E-state index < -0.39 is 10.7 Å². The number of hydrogen-bond donors (Lipinski definition) is 0. The number of rotatable bonds is 4. The van der Waals surface area contributed by atoms with Crippen molar-refractivity contribution in [3.8, 4) is 28.3 Å². The zero-order valence-corrected chi connectivity index (χ0v) is 13.7. The number of nitro benzene ring substituents is 1. The third-order valence-corrected chi connectivity index (χ3v) is 3.81. The van der Waals surface area contributed by atoms with Gasteiger partial charge in [0.2, 0.25) is 5.82 Å². The zero-order chi connectivity index (χ0) is 18.8. The highest BCUT2D eigenvalue weighted by Crippen LogP contribution is 2.26. The lowest BCUT2D eigenvalue weighted by atomic mass is 10.0. The third-order valence-electron chi connectivity index (χ3n) is 3.81. The highest BCUT2D eigenvalue weighted by molar-refractivity contribution is 5.68. The molecule has 0 atom stereocenters. The molecule has 0 unspecified atom stereocenters. The molecule has 132 valence electrons. The van der Waals surface area contributed by atoms with Crippen LogP contribution in [-0.2, 0) is 0 Å². The van der Waals surface area contributed by atoms with Crippen LogP contribution in [0.25, 0.3) is 28.3 Å². The van der Waals surface area contributed by atoms with Crippen molar-refractivity contribution in [3.63, 3.8) is 0 Å². The van der Waals surface area contributed by atoms with E-state index in [9.17, 15) is 14.5 Å². The molecule has 0 bridgehead atoms. The summed E-state index contributed by atoms with van der Waals surface area (Å²) < 4.78 is 14.2. The fourth-order valence-corrected chi connectivity index (χ4v) is 2.58. The molecule has 2 aromatic carbocycles. The number of nitro groups is 1. The maximum absolute atomic E-state index is 14.2. The summed E-state index contributed by atoms with van der Waals surface area (Å²) in [7, 11) is 0. The van der Waals surface area contributed by atoms with Gasteiger partial charge >= 0.3 is 0 Å². The predicted molar refractivity (Wildman–Crippen MR) is 94.4 cm³/mol. The Balaban J connectivity index is 1.74. The molecule has 0 aliphatic heterocycles. The number of hydrogen-bond acceptors (Lipinski definition) is 6. The summed E-state index contributed by atoms with van der Waals surface area (Å²) in [5.74, 6) is -0.220. The van der Waals surface area contributed by atoms with Crippen molar-refractivity contribution in [1.29, 1.82) is 0 Å². The molecule has 0 aliphatic rings. The molecule has 0 radical (unpaired) electrons. The van der Waals surface area contributed by atoms with Gasteiger partial charge in [-0.3, -0.25) is 15.1 Å². The van der Waals surface area contributed by atoms with Crippen LogP contribution in [0.15, 0.2) is 66.9 Å². The number of nitrogens with zero attached hydrogens (tertiary/aromatic N) is 6. The van der Waals surface area contributed by atoms with Gasteiger partial charge in [0.15, 0.2) is 0 Å². The molecular formula is C18H11FN6O2. The molecule has 0 saturated carbocycles. The van der Waals surface area contributed by atoms with E-state index in [0.717, 1.165) is 0 Å². The number of non-ortho nitro benzene ring substituents is 1. The Morgan fingerprint density at radius 1 is 1.00 bits per heavy atom. The minimum atomic E-state index is -0.523. The Morgan fingerprint density at radius 2 is 1.89 bits per heavy atom. The van der Waals surface area contributed by atoms with Crippen molar-refractivity contribution >= 4 is 5.69 Å². The summed E-state index contributed by atoms with van der Waals surface area (Å²) in [5, 5.41) is 23.1. The van der Waals surface area contributed by atoms with Crippen LogP contribution in [0, 0.1) is 15.9 Å². The second kappa shape index (κ2) is 6.71. The molecule has 0 saturated heterocycles. The van der Waals surface area contributed by atoms with Gasteiger partial charge in [-0.15, -0.1) is 15.0 Å². The minimum absolute atomic E-state index is 0.0744. The van der Waals surface area contributed by atoms with E-state index in [1.54, 1.807) is 42.6 Å². The van der Waals surface area contributed by atoms with Gasteiger partial charge in [0, 0.05) is 24.4 Å². The predicted octanol–water partition coefficient (Wildman–Crippen LogP) is 3.44. The molecule has 0 fully saturated rings. The Labute approximate surface area is 152 Å². The topological polar surface area (TPSA) is 99.6 Å². The van der Waals surface area contributed by atoms with Gasteiger partial charge in [-0.1, -0.05) is 18.2 Å². The van der Waals surface area contributed by atoms with Crippen molar-refractivity contribution < 1.29 is 9.31 Å². The van der Waals surface area contributed by atoms with Crippen LogP contribution in [0.4, 0.5) is 10.1 Å². The molecule has 0 spiro atoms. The van der Waals surface area contributed by atoms with E-state index in [-0.39, 0.29) is 5.69 Å². The first-order valence-corrected chi connectivity index (χ1v) is 7.87. The molecule has 4 aromatic rings. The van der Waals surface area contributed by atoms with E-state index in [4.69, 9.17) is 0 Å². The van der Waals surface area contributed by atoms with Crippen molar-refractivity contribution in [3.05, 3.63) is 82.8 Å². The molecule has 0 aliphatic carbocycles. The average molecular weight is 362 g/mol. The first kappa shape index (κ1) is 16.5. The minimum Gasteiger partial charge on any atom is -0.258 e. The van der Waals surface area contributed by atoms with Crippen molar-refractivity contribution in [2.45, 2.75) is 0 Å². The molecule has 2 heterocycles. The molecule has 0 amide bonds. The first-order chi connectivity index (χ1) is 13.1. The lowest BCUT2D eigenvalue weighted by molar-refractivity contribution is -0.384. The van der Waals surface area contributed by atoms with Gasteiger partial charge in [0.25, 0.3) is 5.69 Å². The summed E-state index contributed by atoms with van der Waals surface area (Å²) in [6, 6.07) is 15.5. The van der Waals surface area contributed by atoms with Gasteiger partial charge < -0.3 is 0 Å². The van der Waals surface area contributed by atoms with Crippen LogP contribution in [0.3, 0.4) is 0 Å². The zero-order valence-electron chi connectivity index (χ0n) is 13.7. The molecule has 9 heteroatoms. The number of tetrazole rings is 1. The lowest BCUT2D eigenvalue weighted by Gasteiger charge is -2.05. The third kappa shape index (κ3) is 3.38. The van der Waals surface area contributed by atoms with E-state index in [0.29, 0.717) is 28.3 Å². The van der Waals surface area contributed by atoms with Gasteiger partial charge in [-0.25, -0.2) is 4.39 Å². The summed E-state index contributed by atoms with van der Waals surface area (Å²) in [6.07, 6.45) is 1.61. The number of pyridine rings is 1. The van der Waals surface area contributed by atoms with Crippen LogP contribution in [-0.4, -0.2) is 30.1 Å². The van der Waals surface area contributed by atoms with Crippen LogP contribution in [0.1, 0.15) is 0 Å². The Bertz CT molecular complexity index is 1130. The normalized spacial score (nSPS) is 10.7. The van der Waals surface area contributed by atoms with Crippen molar-refractivity contribution in [2.75, 3.05) is 0 Å². The smallest absolute Gasteiger partial charge is 0.258 e. The molecule has 2 aromatic heterocycles. The maximum atomic E-state index is 14.2. The molecule has 27 heavy (non-hydrogen) atoms. The van der Waals surface area contributed by atoms with Crippen molar-refractivity contribution in [1.82, 2.24) is 25.2 Å². The standard InChI is InChI=1S/C18H11FN6O2/c19-14-8-13(12-4-3-5-15(9-12)25(26)27)10-16(11-14)24-22-18(21-23-24)17-6-1-2-7-20-17/h1-11H. The first-order valence-electron chi connectivity index (χ1n) is 7.87. The molecule has 8 nitrogen and oxygen atoms in total. The van der Waals surface area contributed by atoms with E-state index in [1.165, 1.54) is 29.1 Å². The van der Waals surface area contributed by atoms with Gasteiger partial charge in [-0.05, 0) is 40.6 Å². The average Bonchev–Trinajstić information content (AvgIpc) is 3.19. The summed E-state index contributed by atoms with van der Waals surface area (Å²) in [5.41, 5.74) is 1.78. The summed E-state index contributed by atoms with van der Waals surface area (Å²) in [4.78, 5) is 15.8. The largest absolute Gasteiger partial charge is 0.270 e. The highest BCUT2D eigenvalue weighted by atomic mass is 19.1. The van der Waals surface area contributed by atoms with E-state index >= 15 is 0 Å². The Hall–Kier alpha value is -4.01. The van der Waals surface area contributed by atoms with Gasteiger partial charge in [0.1, 0.15) is 11.5 Å². The molecule has 0 N–H and O–H groups in total. The van der Waals surface area contributed by atoms with Crippen LogP contribution in [0.2, 0.25) is 0 Å². The van der Waals surface area contributed by atoms with E-state index in [2.05, 4.69) is 20.4 Å². The lowest BCUT2D eigenvalue weighted by Crippen LogP contribution is -2.00. The molecule has 4 rings (SSSR count). The highest BCUT2D eigenvalue weighted by Gasteiger charge is 2.12. The van der Waals surface area contributed by atoms with Crippen molar-refractivity contribution in [2.24, 2.45) is 0 Å². The Kier molecular flexibility index (Phi) is 4.09. The summed E-state index contributed by atoms with van der Waals surface area (Å²) in [6.45, 7) is 0. The maximum Gasteiger partial charge on any atom is 0.270 e. The van der Waals surface area contributed by atoms with Crippen LogP contribution in [0.5, 0.6) is 0 Å². The van der Waals surface area contributed by atoms with E-state index in [1.807, 2.05) is 0 Å². The fraction of sp³-hybridized carbons (Fsp3) is 0. The van der Waals surface area contributed by atoms with Crippen LogP contribution < -0.4 is 0 Å². The number of halogens is 1. The Morgan fingerprint density at radius 3 is 2.67 bits per heavy atom. The monoisotopic (exact) mass is 362 g/mol. The second-order valence-electron chi connectivity index (χ2n) is 5.62. The second-order valence-corrected chi connectivity index (χ2v) is 5.62. The fourth-order valence-electron chi connectivity index (χ4n) is 2.58. The SMILES string of the molecule is O=[N+]([O-])c1cccc(-c2cc(F)cc(-n3nnc(-c4ccccn4)n3)c2)c1. The van der Waals surface area contributed by atoms with Gasteiger partial charge in [0.05, 0.1) is 10.6 Å². The van der Waals surface area contributed by atoms with Crippen LogP contribution >= 0.6 is 0 Å². The molecular weight excluding hydrogens is 351 g/mol. The van der Waals surface area contributed by atoms with Gasteiger partial charge in [-0.2, -0.15) is 0 Å². The summed E-state index contributed by atoms with van der Waals surface area (Å²) >= 11 is 0.